The number of Topliss-reactive ketones (excluding diaryl/α,β-unsaturated/α-hetero) is 1. The molecular weight excluding hydrogens is 276 g/mol. The minimum atomic E-state index is -0.100. The average Bonchev–Trinajstić information content (AvgIpc) is 3.00. The number of aromatic nitrogens is 2. The second-order valence-electron chi connectivity index (χ2n) is 6.48. The number of rotatable bonds is 2. The Morgan fingerprint density at radius 1 is 1.00 bits per heavy atom. The van der Waals surface area contributed by atoms with Gasteiger partial charge in [-0.25, -0.2) is 0 Å². The predicted molar refractivity (Wildman–Crippen MR) is 88.6 cm³/mol. The zero-order chi connectivity index (χ0) is 16.3. The van der Waals surface area contributed by atoms with Crippen molar-refractivity contribution in [3.63, 3.8) is 0 Å². The second kappa shape index (κ2) is 4.70. The summed E-state index contributed by atoms with van der Waals surface area (Å²) in [6, 6.07) is 0. The van der Waals surface area contributed by atoms with Gasteiger partial charge in [0.15, 0.2) is 17.1 Å². The van der Waals surface area contributed by atoms with Gasteiger partial charge in [-0.3, -0.25) is 9.48 Å². The van der Waals surface area contributed by atoms with Gasteiger partial charge in [-0.1, -0.05) is 13.8 Å². The molecule has 4 heteroatoms. The van der Waals surface area contributed by atoms with Crippen LogP contribution in [0.15, 0.2) is 4.42 Å². The standard InChI is InChI=1S/C18H22N2O2/c1-8(2)16(21)14-18-15(20(7)19-14)13-11(5)9(3)10(4)12(6)17(13)22-18/h8H,1-7H3. The smallest absolute Gasteiger partial charge is 0.189 e. The number of benzene rings is 1. The number of carbonyl (C=O) groups is 1. The predicted octanol–water partition coefficient (Wildman–Crippen LogP) is 4.39. The molecule has 0 amide bonds. The van der Waals surface area contributed by atoms with Gasteiger partial charge in [0, 0.05) is 18.4 Å². The summed E-state index contributed by atoms with van der Waals surface area (Å²) in [5.41, 5.74) is 7.70. The largest absolute Gasteiger partial charge is 0.452 e. The van der Waals surface area contributed by atoms with Gasteiger partial charge < -0.3 is 4.42 Å². The van der Waals surface area contributed by atoms with Crippen molar-refractivity contribution in [2.24, 2.45) is 13.0 Å². The normalized spacial score (nSPS) is 12.0. The highest BCUT2D eigenvalue weighted by atomic mass is 16.3. The van der Waals surface area contributed by atoms with Gasteiger partial charge in [-0.05, 0) is 49.9 Å². The number of ketones is 1. The van der Waals surface area contributed by atoms with Gasteiger partial charge in [0.25, 0.3) is 0 Å². The molecule has 2 heterocycles. The molecule has 4 nitrogen and oxygen atoms in total. The van der Waals surface area contributed by atoms with Crippen molar-refractivity contribution >= 4 is 27.9 Å². The molecule has 0 fully saturated rings. The Morgan fingerprint density at radius 2 is 1.59 bits per heavy atom. The first-order valence-corrected chi connectivity index (χ1v) is 7.65. The molecule has 116 valence electrons. The van der Waals surface area contributed by atoms with E-state index in [0.29, 0.717) is 11.3 Å². The Balaban J connectivity index is 2.52. The number of carbonyl (C=O) groups excluding carboxylic acids is 1. The van der Waals surface area contributed by atoms with Crippen molar-refractivity contribution in [3.8, 4) is 0 Å². The van der Waals surface area contributed by atoms with Crippen LogP contribution in [-0.2, 0) is 7.05 Å². The summed E-state index contributed by atoms with van der Waals surface area (Å²) in [4.78, 5) is 12.4. The van der Waals surface area contributed by atoms with Crippen molar-refractivity contribution in [2.45, 2.75) is 41.5 Å². The van der Waals surface area contributed by atoms with E-state index in [0.717, 1.165) is 22.0 Å². The van der Waals surface area contributed by atoms with Crippen LogP contribution in [0.1, 0.15) is 46.6 Å². The van der Waals surface area contributed by atoms with Gasteiger partial charge in [-0.15, -0.1) is 0 Å². The SMILES string of the molecule is Cc1c(C)c(C)c2c(oc3c(C(=O)C(C)C)nn(C)c32)c1C. The second-order valence-corrected chi connectivity index (χ2v) is 6.48. The summed E-state index contributed by atoms with van der Waals surface area (Å²) in [6.45, 7) is 12.2. The molecule has 0 N–H and O–H groups in total. The van der Waals surface area contributed by atoms with Gasteiger partial charge >= 0.3 is 0 Å². The van der Waals surface area contributed by atoms with E-state index >= 15 is 0 Å². The zero-order valence-electron chi connectivity index (χ0n) is 14.3. The zero-order valence-corrected chi connectivity index (χ0v) is 14.3. The molecule has 0 bridgehead atoms. The van der Waals surface area contributed by atoms with Gasteiger partial charge in [0.2, 0.25) is 0 Å². The fourth-order valence-electron chi connectivity index (χ4n) is 3.10. The van der Waals surface area contributed by atoms with Crippen molar-refractivity contribution in [1.29, 1.82) is 0 Å². The number of hydrogen-bond acceptors (Lipinski definition) is 3. The molecule has 0 aliphatic rings. The summed E-state index contributed by atoms with van der Waals surface area (Å²) in [6.07, 6.45) is 0. The van der Waals surface area contributed by atoms with Crippen LogP contribution in [0, 0.1) is 33.6 Å². The van der Waals surface area contributed by atoms with Crippen molar-refractivity contribution in [2.75, 3.05) is 0 Å². The lowest BCUT2D eigenvalue weighted by atomic mass is 9.95. The third-order valence-electron chi connectivity index (χ3n) is 4.83. The number of fused-ring (bicyclic) bond motifs is 3. The molecule has 1 aromatic carbocycles. The quantitative estimate of drug-likeness (QED) is 0.659. The lowest BCUT2D eigenvalue weighted by molar-refractivity contribution is 0.0934. The molecule has 0 aliphatic heterocycles. The van der Waals surface area contributed by atoms with Crippen LogP contribution >= 0.6 is 0 Å². The fraction of sp³-hybridized carbons (Fsp3) is 0.444. The van der Waals surface area contributed by atoms with Crippen LogP contribution in [0.3, 0.4) is 0 Å². The third-order valence-corrected chi connectivity index (χ3v) is 4.83. The maximum atomic E-state index is 12.4. The molecule has 0 radical (unpaired) electrons. The first kappa shape index (κ1) is 14.8. The minimum Gasteiger partial charge on any atom is -0.452 e. The van der Waals surface area contributed by atoms with E-state index < -0.39 is 0 Å². The van der Waals surface area contributed by atoms with E-state index in [9.17, 15) is 4.79 Å². The van der Waals surface area contributed by atoms with Gasteiger partial charge in [-0.2, -0.15) is 5.10 Å². The van der Waals surface area contributed by atoms with Crippen molar-refractivity contribution < 1.29 is 9.21 Å². The molecule has 22 heavy (non-hydrogen) atoms. The molecule has 0 spiro atoms. The monoisotopic (exact) mass is 298 g/mol. The highest BCUT2D eigenvalue weighted by Gasteiger charge is 2.26. The molecule has 0 atom stereocenters. The summed E-state index contributed by atoms with van der Waals surface area (Å²) < 4.78 is 7.89. The number of furan rings is 1. The van der Waals surface area contributed by atoms with Crippen LogP contribution in [0.4, 0.5) is 0 Å². The summed E-state index contributed by atoms with van der Waals surface area (Å²) in [5, 5.41) is 5.49. The highest BCUT2D eigenvalue weighted by Crippen LogP contribution is 2.38. The number of aryl methyl sites for hydroxylation is 3. The Hall–Kier alpha value is -2.10. The molecule has 3 rings (SSSR count). The third kappa shape index (κ3) is 1.76. The molecule has 0 saturated carbocycles. The maximum Gasteiger partial charge on any atom is 0.189 e. The first-order valence-electron chi connectivity index (χ1n) is 7.65. The lowest BCUT2D eigenvalue weighted by Crippen LogP contribution is -2.09. The fourth-order valence-corrected chi connectivity index (χ4v) is 3.10. The Kier molecular flexibility index (Phi) is 3.17. The van der Waals surface area contributed by atoms with E-state index in [-0.39, 0.29) is 11.7 Å². The van der Waals surface area contributed by atoms with Crippen molar-refractivity contribution in [3.05, 3.63) is 27.9 Å². The first-order chi connectivity index (χ1) is 10.3. The lowest BCUT2D eigenvalue weighted by Gasteiger charge is -2.10. The Morgan fingerprint density at radius 3 is 2.18 bits per heavy atom. The van der Waals surface area contributed by atoms with Crippen LogP contribution in [0.5, 0.6) is 0 Å². The summed E-state index contributed by atoms with van der Waals surface area (Å²) in [7, 11) is 1.87. The molecular formula is C18H22N2O2. The summed E-state index contributed by atoms with van der Waals surface area (Å²) >= 11 is 0. The molecule has 0 unspecified atom stereocenters. The molecule has 0 saturated heterocycles. The highest BCUT2D eigenvalue weighted by molar-refractivity contribution is 6.13. The molecule has 2 aromatic heterocycles. The van der Waals surface area contributed by atoms with Crippen LogP contribution < -0.4 is 0 Å². The van der Waals surface area contributed by atoms with Crippen LogP contribution in [0.25, 0.3) is 22.1 Å². The Bertz CT molecular complexity index is 926. The van der Waals surface area contributed by atoms with Crippen molar-refractivity contribution in [1.82, 2.24) is 9.78 Å². The van der Waals surface area contributed by atoms with E-state index in [1.54, 1.807) is 4.68 Å². The minimum absolute atomic E-state index is 0.0217. The number of nitrogens with zero attached hydrogens (tertiary/aromatic N) is 2. The van der Waals surface area contributed by atoms with E-state index in [1.165, 1.54) is 16.7 Å². The summed E-state index contributed by atoms with van der Waals surface area (Å²) in [5.74, 6) is -0.0783. The number of hydrogen-bond donors (Lipinski definition) is 0. The van der Waals surface area contributed by atoms with E-state index in [4.69, 9.17) is 4.42 Å². The van der Waals surface area contributed by atoms with Crippen LogP contribution in [0.2, 0.25) is 0 Å². The molecule has 3 aromatic rings. The maximum absolute atomic E-state index is 12.4. The van der Waals surface area contributed by atoms with Crippen LogP contribution in [-0.4, -0.2) is 15.6 Å². The van der Waals surface area contributed by atoms with Gasteiger partial charge in [0.05, 0.1) is 0 Å². The van der Waals surface area contributed by atoms with E-state index in [2.05, 4.69) is 32.8 Å². The topological polar surface area (TPSA) is 48.0 Å². The van der Waals surface area contributed by atoms with Gasteiger partial charge in [0.1, 0.15) is 11.1 Å². The Labute approximate surface area is 130 Å². The average molecular weight is 298 g/mol. The molecule has 0 aliphatic carbocycles. The van der Waals surface area contributed by atoms with E-state index in [1.807, 2.05) is 20.9 Å².